The molecule has 0 radical (unpaired) electrons. The Labute approximate surface area is 76.1 Å². The highest BCUT2D eigenvalue weighted by atomic mass is 19.1. The van der Waals surface area contributed by atoms with Crippen molar-refractivity contribution < 1.29 is 4.39 Å². The van der Waals surface area contributed by atoms with Crippen LogP contribution in [0.4, 0.5) is 4.39 Å². The van der Waals surface area contributed by atoms with Crippen LogP contribution in [0.25, 0.3) is 0 Å². The van der Waals surface area contributed by atoms with Crippen LogP contribution in [-0.2, 0) is 12.7 Å². The van der Waals surface area contributed by atoms with Crippen LogP contribution in [0.15, 0.2) is 6.20 Å². The average molecular weight is 184 g/mol. The van der Waals surface area contributed by atoms with Gasteiger partial charge in [-0.2, -0.15) is 0 Å². The van der Waals surface area contributed by atoms with E-state index in [1.54, 1.807) is 7.05 Å². The molecule has 2 heterocycles. The number of rotatable bonds is 1. The first kappa shape index (κ1) is 8.62. The minimum atomic E-state index is -1.28. The number of piperidine rings is 1. The first-order valence-electron chi connectivity index (χ1n) is 4.47. The molecule has 0 saturated carbocycles. The van der Waals surface area contributed by atoms with Crippen LogP contribution in [0.5, 0.6) is 0 Å². The van der Waals surface area contributed by atoms with Gasteiger partial charge in [-0.15, -0.1) is 5.10 Å². The van der Waals surface area contributed by atoms with Gasteiger partial charge in [-0.3, -0.25) is 0 Å². The maximum Gasteiger partial charge on any atom is 0.166 e. The third kappa shape index (κ3) is 1.44. The van der Waals surface area contributed by atoms with Gasteiger partial charge in [-0.1, -0.05) is 5.21 Å². The van der Waals surface area contributed by atoms with Crippen molar-refractivity contribution in [3.8, 4) is 0 Å². The van der Waals surface area contributed by atoms with E-state index >= 15 is 0 Å². The van der Waals surface area contributed by atoms with E-state index in [0.717, 1.165) is 13.0 Å². The molecule has 0 amide bonds. The Kier molecular flexibility index (Phi) is 2.03. The monoisotopic (exact) mass is 184 g/mol. The van der Waals surface area contributed by atoms with Gasteiger partial charge in [-0.25, -0.2) is 9.07 Å². The molecule has 0 bridgehead atoms. The number of hydrogen-bond donors (Lipinski definition) is 1. The van der Waals surface area contributed by atoms with E-state index in [1.165, 1.54) is 10.9 Å². The lowest BCUT2D eigenvalue weighted by atomic mass is 9.93. The molecule has 1 fully saturated rings. The van der Waals surface area contributed by atoms with Crippen molar-refractivity contribution in [2.24, 2.45) is 7.05 Å². The Hall–Kier alpha value is -0.970. The molecule has 0 spiro atoms. The third-order valence-corrected chi connectivity index (χ3v) is 2.51. The maximum atomic E-state index is 14.2. The third-order valence-electron chi connectivity index (χ3n) is 2.51. The Balaban J connectivity index is 2.27. The molecule has 1 aliphatic heterocycles. The van der Waals surface area contributed by atoms with Crippen LogP contribution in [0, 0.1) is 0 Å². The highest BCUT2D eigenvalue weighted by Gasteiger charge is 2.36. The van der Waals surface area contributed by atoms with Gasteiger partial charge in [0.2, 0.25) is 0 Å². The zero-order chi connectivity index (χ0) is 9.31. The second kappa shape index (κ2) is 3.06. The number of nitrogens with one attached hydrogen (secondary N) is 1. The number of halogens is 1. The van der Waals surface area contributed by atoms with Crippen LogP contribution < -0.4 is 5.32 Å². The van der Waals surface area contributed by atoms with Gasteiger partial charge < -0.3 is 5.32 Å². The van der Waals surface area contributed by atoms with Gasteiger partial charge in [0, 0.05) is 13.6 Å². The molecular formula is C8H13FN4. The predicted molar refractivity (Wildman–Crippen MR) is 45.9 cm³/mol. The Morgan fingerprint density at radius 2 is 2.54 bits per heavy atom. The van der Waals surface area contributed by atoms with Crippen LogP contribution >= 0.6 is 0 Å². The first-order valence-corrected chi connectivity index (χ1v) is 4.47. The molecule has 1 saturated heterocycles. The molecule has 1 atom stereocenters. The fraction of sp³-hybridized carbons (Fsp3) is 0.750. The summed E-state index contributed by atoms with van der Waals surface area (Å²) in [6.45, 7) is 1.27. The van der Waals surface area contributed by atoms with E-state index in [4.69, 9.17) is 0 Å². The summed E-state index contributed by atoms with van der Waals surface area (Å²) in [6, 6.07) is 0. The lowest BCUT2D eigenvalue weighted by molar-refractivity contribution is 0.111. The van der Waals surface area contributed by atoms with E-state index in [-0.39, 0.29) is 0 Å². The summed E-state index contributed by atoms with van der Waals surface area (Å²) in [7, 11) is 1.72. The quantitative estimate of drug-likeness (QED) is 0.685. The minimum absolute atomic E-state index is 0.369. The predicted octanol–water partition coefficient (Wildman–Crippen LogP) is 0.363. The van der Waals surface area contributed by atoms with E-state index < -0.39 is 5.67 Å². The zero-order valence-corrected chi connectivity index (χ0v) is 7.63. The normalized spacial score (nSPS) is 29.1. The standard InChI is InChI=1S/C8H13FN4/c1-13-7(5-11-12-13)8(9)3-2-4-10-6-8/h5,10H,2-4,6H2,1H3. The lowest BCUT2D eigenvalue weighted by Gasteiger charge is -2.29. The van der Waals surface area contributed by atoms with Crippen molar-refractivity contribution in [2.75, 3.05) is 13.1 Å². The van der Waals surface area contributed by atoms with Gasteiger partial charge in [0.15, 0.2) is 5.67 Å². The van der Waals surface area contributed by atoms with Crippen molar-refractivity contribution in [3.05, 3.63) is 11.9 Å². The van der Waals surface area contributed by atoms with Crippen molar-refractivity contribution in [1.82, 2.24) is 20.3 Å². The number of aryl methyl sites for hydroxylation is 1. The molecule has 1 unspecified atom stereocenters. The van der Waals surface area contributed by atoms with E-state index in [2.05, 4.69) is 15.6 Å². The molecule has 2 rings (SSSR count). The van der Waals surface area contributed by atoms with E-state index in [1.807, 2.05) is 0 Å². The summed E-state index contributed by atoms with van der Waals surface area (Å²) in [5.41, 5.74) is -0.712. The molecule has 1 aromatic heterocycles. The Morgan fingerprint density at radius 1 is 1.69 bits per heavy atom. The summed E-state index contributed by atoms with van der Waals surface area (Å²) < 4.78 is 15.7. The number of nitrogens with zero attached hydrogens (tertiary/aromatic N) is 3. The minimum Gasteiger partial charge on any atom is -0.313 e. The molecular weight excluding hydrogens is 171 g/mol. The number of aromatic nitrogens is 3. The second-order valence-electron chi connectivity index (χ2n) is 3.49. The SMILES string of the molecule is Cn1nncc1C1(F)CCCNC1. The van der Waals surface area contributed by atoms with Crippen LogP contribution in [-0.4, -0.2) is 28.1 Å². The van der Waals surface area contributed by atoms with Gasteiger partial charge in [0.25, 0.3) is 0 Å². The molecule has 0 aliphatic carbocycles. The number of alkyl halides is 1. The summed E-state index contributed by atoms with van der Waals surface area (Å²) in [5, 5.41) is 10.5. The first-order chi connectivity index (χ1) is 6.22. The zero-order valence-electron chi connectivity index (χ0n) is 7.63. The molecule has 1 aromatic rings. The summed E-state index contributed by atoms with van der Waals surface area (Å²) >= 11 is 0. The summed E-state index contributed by atoms with van der Waals surface area (Å²) in [5.74, 6) is 0. The van der Waals surface area contributed by atoms with Crippen molar-refractivity contribution in [1.29, 1.82) is 0 Å². The molecule has 72 valence electrons. The summed E-state index contributed by atoms with van der Waals surface area (Å²) in [6.07, 6.45) is 2.93. The van der Waals surface area contributed by atoms with Crippen LogP contribution in [0.2, 0.25) is 0 Å². The van der Waals surface area contributed by atoms with Crippen molar-refractivity contribution in [2.45, 2.75) is 18.5 Å². The molecule has 13 heavy (non-hydrogen) atoms. The van der Waals surface area contributed by atoms with Crippen LogP contribution in [0.3, 0.4) is 0 Å². The van der Waals surface area contributed by atoms with Crippen LogP contribution in [0.1, 0.15) is 18.5 Å². The fourth-order valence-corrected chi connectivity index (χ4v) is 1.78. The highest BCUT2D eigenvalue weighted by molar-refractivity contribution is 5.10. The van der Waals surface area contributed by atoms with Crippen molar-refractivity contribution in [3.63, 3.8) is 0 Å². The highest BCUT2D eigenvalue weighted by Crippen LogP contribution is 2.31. The Bertz CT molecular complexity index is 290. The van der Waals surface area contributed by atoms with Gasteiger partial charge in [-0.05, 0) is 19.4 Å². The molecule has 0 aromatic carbocycles. The number of hydrogen-bond acceptors (Lipinski definition) is 3. The molecule has 5 heteroatoms. The smallest absolute Gasteiger partial charge is 0.166 e. The molecule has 1 aliphatic rings. The van der Waals surface area contributed by atoms with Gasteiger partial charge in [0.05, 0.1) is 11.9 Å². The molecule has 1 N–H and O–H groups in total. The second-order valence-corrected chi connectivity index (χ2v) is 3.49. The topological polar surface area (TPSA) is 42.7 Å². The van der Waals surface area contributed by atoms with E-state index in [0.29, 0.717) is 18.7 Å². The average Bonchev–Trinajstić information content (AvgIpc) is 2.53. The maximum absolute atomic E-state index is 14.2. The van der Waals surface area contributed by atoms with Gasteiger partial charge >= 0.3 is 0 Å². The summed E-state index contributed by atoms with van der Waals surface area (Å²) in [4.78, 5) is 0. The van der Waals surface area contributed by atoms with Crippen molar-refractivity contribution >= 4 is 0 Å². The largest absolute Gasteiger partial charge is 0.313 e. The van der Waals surface area contributed by atoms with Gasteiger partial charge in [0.1, 0.15) is 0 Å². The molecule has 4 nitrogen and oxygen atoms in total. The van der Waals surface area contributed by atoms with E-state index in [9.17, 15) is 4.39 Å². The lowest BCUT2D eigenvalue weighted by Crippen LogP contribution is -2.41. The Morgan fingerprint density at radius 3 is 3.08 bits per heavy atom. The fourth-order valence-electron chi connectivity index (χ4n) is 1.78.